The highest BCUT2D eigenvalue weighted by molar-refractivity contribution is 7.89. The molecule has 0 aliphatic heterocycles. The number of sulfonamides is 1. The van der Waals surface area contributed by atoms with E-state index in [1.807, 2.05) is 30.3 Å². The summed E-state index contributed by atoms with van der Waals surface area (Å²) in [5.41, 5.74) is 1.67. The number of hydrogen-bond acceptors (Lipinski definition) is 4. The molecule has 2 aromatic carbocycles. The molecule has 0 amide bonds. The Morgan fingerprint density at radius 2 is 1.70 bits per heavy atom. The van der Waals surface area contributed by atoms with Crippen LogP contribution < -0.4 is 4.72 Å². The molecule has 1 heterocycles. The topological polar surface area (TPSA) is 72.2 Å². The first-order valence-corrected chi connectivity index (χ1v) is 8.70. The molecule has 0 atom stereocenters. The van der Waals surface area contributed by atoms with Gasteiger partial charge in [-0.1, -0.05) is 37.3 Å². The molecule has 118 valence electrons. The standard InChI is InChI=1S/C17H16N2O3S/c1-2-19-23(20,21)15-10-8-14(9-11-15)17-18-12-16(22-17)13-6-4-3-5-7-13/h3-12,19H,2H2,1H3. The molecule has 0 bridgehead atoms. The van der Waals surface area contributed by atoms with Crippen LogP contribution in [-0.2, 0) is 10.0 Å². The summed E-state index contributed by atoms with van der Waals surface area (Å²) < 4.78 is 32.0. The number of benzene rings is 2. The first kappa shape index (κ1) is 15.5. The fourth-order valence-electron chi connectivity index (χ4n) is 2.19. The van der Waals surface area contributed by atoms with Crippen molar-refractivity contribution in [3.8, 4) is 22.8 Å². The Kier molecular flexibility index (Phi) is 4.27. The van der Waals surface area contributed by atoms with Crippen LogP contribution in [0.5, 0.6) is 0 Å². The number of nitrogens with zero attached hydrogens (tertiary/aromatic N) is 1. The molecule has 3 rings (SSSR count). The maximum atomic E-state index is 11.9. The van der Waals surface area contributed by atoms with Crippen LogP contribution in [0.15, 0.2) is 70.1 Å². The quantitative estimate of drug-likeness (QED) is 0.780. The van der Waals surface area contributed by atoms with Crippen molar-refractivity contribution in [2.45, 2.75) is 11.8 Å². The van der Waals surface area contributed by atoms with Gasteiger partial charge in [-0.3, -0.25) is 0 Å². The van der Waals surface area contributed by atoms with Crippen molar-refractivity contribution in [3.63, 3.8) is 0 Å². The van der Waals surface area contributed by atoms with Gasteiger partial charge in [-0.15, -0.1) is 0 Å². The summed E-state index contributed by atoms with van der Waals surface area (Å²) in [6, 6.07) is 16.1. The van der Waals surface area contributed by atoms with E-state index in [0.717, 1.165) is 11.1 Å². The molecule has 0 fully saturated rings. The molecule has 0 unspecified atom stereocenters. The normalized spacial score (nSPS) is 11.5. The minimum absolute atomic E-state index is 0.220. The summed E-state index contributed by atoms with van der Waals surface area (Å²) in [7, 11) is -3.45. The summed E-state index contributed by atoms with van der Waals surface area (Å²) >= 11 is 0. The number of nitrogens with one attached hydrogen (secondary N) is 1. The molecular weight excluding hydrogens is 312 g/mol. The predicted molar refractivity (Wildman–Crippen MR) is 88.2 cm³/mol. The largest absolute Gasteiger partial charge is 0.436 e. The Morgan fingerprint density at radius 1 is 1.00 bits per heavy atom. The van der Waals surface area contributed by atoms with Crippen molar-refractivity contribution in [2.24, 2.45) is 0 Å². The van der Waals surface area contributed by atoms with Crippen LogP contribution >= 0.6 is 0 Å². The van der Waals surface area contributed by atoms with Crippen molar-refractivity contribution >= 4 is 10.0 Å². The predicted octanol–water partition coefficient (Wildman–Crippen LogP) is 3.31. The van der Waals surface area contributed by atoms with Gasteiger partial charge in [0.2, 0.25) is 15.9 Å². The molecule has 0 radical (unpaired) electrons. The van der Waals surface area contributed by atoms with E-state index in [0.29, 0.717) is 18.2 Å². The molecule has 0 aliphatic carbocycles. The van der Waals surface area contributed by atoms with Gasteiger partial charge in [-0.2, -0.15) is 0 Å². The fraction of sp³-hybridized carbons (Fsp3) is 0.118. The molecule has 0 saturated heterocycles. The smallest absolute Gasteiger partial charge is 0.240 e. The Labute approximate surface area is 135 Å². The van der Waals surface area contributed by atoms with E-state index in [1.54, 1.807) is 37.4 Å². The average Bonchev–Trinajstić information content (AvgIpc) is 3.06. The van der Waals surface area contributed by atoms with E-state index in [4.69, 9.17) is 4.42 Å². The highest BCUT2D eigenvalue weighted by Crippen LogP contribution is 2.26. The second-order valence-electron chi connectivity index (χ2n) is 4.92. The molecular formula is C17H16N2O3S. The van der Waals surface area contributed by atoms with Gasteiger partial charge in [0, 0.05) is 17.7 Å². The van der Waals surface area contributed by atoms with Crippen molar-refractivity contribution < 1.29 is 12.8 Å². The molecule has 1 N–H and O–H groups in total. The first-order valence-electron chi connectivity index (χ1n) is 7.21. The summed E-state index contributed by atoms with van der Waals surface area (Å²) in [6.07, 6.45) is 1.66. The van der Waals surface area contributed by atoms with Gasteiger partial charge in [0.1, 0.15) is 0 Å². The van der Waals surface area contributed by atoms with Gasteiger partial charge in [0.05, 0.1) is 11.1 Å². The third kappa shape index (κ3) is 3.33. The van der Waals surface area contributed by atoms with Crippen LogP contribution in [0.25, 0.3) is 22.8 Å². The first-order chi connectivity index (χ1) is 11.1. The van der Waals surface area contributed by atoms with Crippen LogP contribution in [-0.4, -0.2) is 19.9 Å². The molecule has 1 aromatic heterocycles. The number of hydrogen-bond donors (Lipinski definition) is 1. The van der Waals surface area contributed by atoms with Gasteiger partial charge >= 0.3 is 0 Å². The molecule has 0 saturated carbocycles. The van der Waals surface area contributed by atoms with Gasteiger partial charge in [-0.25, -0.2) is 18.1 Å². The number of rotatable bonds is 5. The Morgan fingerprint density at radius 3 is 2.35 bits per heavy atom. The van der Waals surface area contributed by atoms with Crippen molar-refractivity contribution in [3.05, 3.63) is 60.8 Å². The molecule has 0 aliphatic rings. The van der Waals surface area contributed by atoms with E-state index in [-0.39, 0.29) is 4.90 Å². The Hall–Kier alpha value is -2.44. The third-order valence-corrected chi connectivity index (χ3v) is 4.87. The Bertz CT molecular complexity index is 885. The van der Waals surface area contributed by atoms with E-state index in [2.05, 4.69) is 9.71 Å². The third-order valence-electron chi connectivity index (χ3n) is 3.31. The second kappa shape index (κ2) is 6.36. The van der Waals surface area contributed by atoms with Gasteiger partial charge in [0.15, 0.2) is 5.76 Å². The summed E-state index contributed by atoms with van der Waals surface area (Å²) in [5, 5.41) is 0. The number of oxazole rings is 1. The molecule has 3 aromatic rings. The number of aromatic nitrogens is 1. The minimum Gasteiger partial charge on any atom is -0.436 e. The maximum Gasteiger partial charge on any atom is 0.240 e. The molecule has 0 spiro atoms. The highest BCUT2D eigenvalue weighted by Gasteiger charge is 2.14. The second-order valence-corrected chi connectivity index (χ2v) is 6.69. The zero-order chi connectivity index (χ0) is 16.3. The van der Waals surface area contributed by atoms with Crippen LogP contribution in [0.1, 0.15) is 6.92 Å². The lowest BCUT2D eigenvalue weighted by molar-refractivity contribution is 0.583. The maximum absolute atomic E-state index is 11.9. The summed E-state index contributed by atoms with van der Waals surface area (Å²) in [6.45, 7) is 2.09. The van der Waals surface area contributed by atoms with Crippen LogP contribution in [0.4, 0.5) is 0 Å². The van der Waals surface area contributed by atoms with Crippen molar-refractivity contribution in [1.29, 1.82) is 0 Å². The lowest BCUT2D eigenvalue weighted by atomic mass is 10.2. The zero-order valence-corrected chi connectivity index (χ0v) is 13.4. The van der Waals surface area contributed by atoms with Gasteiger partial charge in [0.25, 0.3) is 0 Å². The van der Waals surface area contributed by atoms with E-state index < -0.39 is 10.0 Å². The molecule has 6 heteroatoms. The highest BCUT2D eigenvalue weighted by atomic mass is 32.2. The fourth-order valence-corrected chi connectivity index (χ4v) is 3.23. The average molecular weight is 328 g/mol. The van der Waals surface area contributed by atoms with Gasteiger partial charge < -0.3 is 4.42 Å². The van der Waals surface area contributed by atoms with Crippen LogP contribution in [0.2, 0.25) is 0 Å². The van der Waals surface area contributed by atoms with Crippen LogP contribution in [0, 0.1) is 0 Å². The van der Waals surface area contributed by atoms with E-state index >= 15 is 0 Å². The lowest BCUT2D eigenvalue weighted by Crippen LogP contribution is -2.22. The van der Waals surface area contributed by atoms with Crippen LogP contribution in [0.3, 0.4) is 0 Å². The summed E-state index contributed by atoms with van der Waals surface area (Å²) in [4.78, 5) is 4.48. The SMILES string of the molecule is CCNS(=O)(=O)c1ccc(-c2ncc(-c3ccccc3)o2)cc1. The molecule has 23 heavy (non-hydrogen) atoms. The molecule has 5 nitrogen and oxygen atoms in total. The van der Waals surface area contributed by atoms with Crippen molar-refractivity contribution in [2.75, 3.05) is 6.54 Å². The zero-order valence-electron chi connectivity index (χ0n) is 12.6. The summed E-state index contributed by atoms with van der Waals surface area (Å²) in [5.74, 6) is 1.13. The van der Waals surface area contributed by atoms with Crippen molar-refractivity contribution in [1.82, 2.24) is 9.71 Å². The lowest BCUT2D eigenvalue weighted by Gasteiger charge is -2.04. The minimum atomic E-state index is -3.45. The van der Waals surface area contributed by atoms with E-state index in [1.165, 1.54) is 0 Å². The van der Waals surface area contributed by atoms with Gasteiger partial charge in [-0.05, 0) is 24.3 Å². The Balaban J connectivity index is 1.88. The monoisotopic (exact) mass is 328 g/mol. The van der Waals surface area contributed by atoms with E-state index in [9.17, 15) is 8.42 Å².